The first kappa shape index (κ1) is 6.15. The van der Waals surface area contributed by atoms with Gasteiger partial charge in [0, 0.05) is 7.05 Å². The van der Waals surface area contributed by atoms with Gasteiger partial charge in [0.25, 0.3) is 0 Å². The topological polar surface area (TPSA) is 63.8 Å². The zero-order chi connectivity index (χ0) is 6.85. The Kier molecular flexibility index (Phi) is 1.44. The van der Waals surface area contributed by atoms with Crippen molar-refractivity contribution in [3.8, 4) is 0 Å². The lowest BCUT2D eigenvalue weighted by Crippen LogP contribution is -2.02. The molecular formula is C4H8N4O. The maximum atomic E-state index is 8.93. The van der Waals surface area contributed by atoms with Gasteiger partial charge in [-0.3, -0.25) is 0 Å². The second-order valence-corrected chi connectivity index (χ2v) is 1.84. The van der Waals surface area contributed by atoms with E-state index in [0.717, 1.165) is 0 Å². The minimum Gasteiger partial charge on any atom is -0.385 e. The predicted octanol–water partition coefficient (Wildman–Crippen LogP) is -0.737. The quantitative estimate of drug-likeness (QED) is 0.541. The van der Waals surface area contributed by atoms with Crippen LogP contribution in [0.3, 0.4) is 0 Å². The lowest BCUT2D eigenvalue weighted by molar-refractivity contribution is 0.183. The maximum absolute atomic E-state index is 8.93. The molecule has 1 atom stereocenters. The lowest BCUT2D eigenvalue weighted by Gasteiger charge is -1.97. The molecule has 0 saturated carbocycles. The Morgan fingerprint density at radius 2 is 2.33 bits per heavy atom. The normalized spacial score (nSPS) is 13.7. The highest BCUT2D eigenvalue weighted by Gasteiger charge is 2.06. The first-order chi connectivity index (χ1) is 4.22. The predicted molar refractivity (Wildman–Crippen MR) is 29.4 cm³/mol. The highest BCUT2D eigenvalue weighted by molar-refractivity contribution is 4.82. The molecular weight excluding hydrogens is 120 g/mol. The van der Waals surface area contributed by atoms with Gasteiger partial charge in [-0.05, 0) is 17.4 Å². The first-order valence-corrected chi connectivity index (χ1v) is 2.62. The van der Waals surface area contributed by atoms with E-state index in [-0.39, 0.29) is 0 Å². The molecule has 1 rings (SSSR count). The summed E-state index contributed by atoms with van der Waals surface area (Å²) < 4.78 is 1.44. The number of hydrogen-bond donors (Lipinski definition) is 1. The van der Waals surface area contributed by atoms with Gasteiger partial charge in [0.2, 0.25) is 0 Å². The summed E-state index contributed by atoms with van der Waals surface area (Å²) in [4.78, 5) is 0. The van der Waals surface area contributed by atoms with E-state index >= 15 is 0 Å². The van der Waals surface area contributed by atoms with Crippen LogP contribution in [0.4, 0.5) is 0 Å². The molecule has 1 N–H and O–H groups in total. The van der Waals surface area contributed by atoms with Crippen LogP contribution in [0, 0.1) is 0 Å². The van der Waals surface area contributed by atoms with Crippen LogP contribution in [0.1, 0.15) is 18.9 Å². The first-order valence-electron chi connectivity index (χ1n) is 2.62. The highest BCUT2D eigenvalue weighted by Crippen LogP contribution is 2.02. The van der Waals surface area contributed by atoms with Crippen LogP contribution in [0.25, 0.3) is 0 Å². The molecule has 0 spiro atoms. The van der Waals surface area contributed by atoms with Gasteiger partial charge in [0.15, 0.2) is 5.82 Å². The standard InChI is InChI=1S/C4H8N4O/c1-3(9)4-5-6-7-8(4)2/h3,9H,1-2H3/t3-/m0/s1. The van der Waals surface area contributed by atoms with Crippen LogP contribution in [-0.4, -0.2) is 25.3 Å². The number of aliphatic hydroxyl groups is 1. The smallest absolute Gasteiger partial charge is 0.179 e. The van der Waals surface area contributed by atoms with E-state index in [4.69, 9.17) is 5.11 Å². The van der Waals surface area contributed by atoms with E-state index in [9.17, 15) is 0 Å². The second-order valence-electron chi connectivity index (χ2n) is 1.84. The molecule has 0 aliphatic rings. The second kappa shape index (κ2) is 2.10. The van der Waals surface area contributed by atoms with Crippen molar-refractivity contribution in [1.82, 2.24) is 20.2 Å². The number of aromatic nitrogens is 4. The van der Waals surface area contributed by atoms with Crippen LogP contribution in [-0.2, 0) is 7.05 Å². The summed E-state index contributed by atoms with van der Waals surface area (Å²) in [6.07, 6.45) is -0.593. The molecule has 50 valence electrons. The van der Waals surface area contributed by atoms with Crippen molar-refractivity contribution in [1.29, 1.82) is 0 Å². The maximum Gasteiger partial charge on any atom is 0.179 e. The number of hydrogen-bond acceptors (Lipinski definition) is 4. The van der Waals surface area contributed by atoms with Crippen LogP contribution < -0.4 is 0 Å². The van der Waals surface area contributed by atoms with Crippen LogP contribution in [0.15, 0.2) is 0 Å². The Labute approximate surface area is 52.3 Å². The van der Waals surface area contributed by atoms with E-state index in [1.165, 1.54) is 4.68 Å². The Bertz CT molecular complexity index is 194. The molecule has 0 aliphatic heterocycles. The van der Waals surface area contributed by atoms with Gasteiger partial charge in [-0.15, -0.1) is 5.10 Å². The molecule has 0 aliphatic carbocycles. The molecule has 9 heavy (non-hydrogen) atoms. The third-order valence-electron chi connectivity index (χ3n) is 1.03. The molecule has 0 amide bonds. The fraction of sp³-hybridized carbons (Fsp3) is 0.750. The number of nitrogens with zero attached hydrogens (tertiary/aromatic N) is 4. The molecule has 5 nitrogen and oxygen atoms in total. The monoisotopic (exact) mass is 128 g/mol. The van der Waals surface area contributed by atoms with Gasteiger partial charge in [-0.1, -0.05) is 0 Å². The minimum absolute atomic E-state index is 0.481. The van der Waals surface area contributed by atoms with Crippen LogP contribution in [0.5, 0.6) is 0 Å². The summed E-state index contributed by atoms with van der Waals surface area (Å²) >= 11 is 0. The van der Waals surface area contributed by atoms with Gasteiger partial charge in [0.05, 0.1) is 0 Å². The number of aryl methyl sites for hydroxylation is 1. The Morgan fingerprint density at radius 3 is 2.56 bits per heavy atom. The van der Waals surface area contributed by atoms with E-state index in [2.05, 4.69) is 15.5 Å². The van der Waals surface area contributed by atoms with Crippen molar-refractivity contribution in [2.45, 2.75) is 13.0 Å². The summed E-state index contributed by atoms with van der Waals surface area (Å²) in [7, 11) is 1.68. The molecule has 0 unspecified atom stereocenters. The van der Waals surface area contributed by atoms with Crippen molar-refractivity contribution in [2.24, 2.45) is 7.05 Å². The Hall–Kier alpha value is -0.970. The van der Waals surface area contributed by atoms with Gasteiger partial charge in [0.1, 0.15) is 6.10 Å². The van der Waals surface area contributed by atoms with Gasteiger partial charge >= 0.3 is 0 Å². The van der Waals surface area contributed by atoms with Gasteiger partial charge in [-0.25, -0.2) is 4.68 Å². The number of aliphatic hydroxyl groups excluding tert-OH is 1. The largest absolute Gasteiger partial charge is 0.385 e. The number of tetrazole rings is 1. The van der Waals surface area contributed by atoms with Gasteiger partial charge in [-0.2, -0.15) is 0 Å². The van der Waals surface area contributed by atoms with Crippen molar-refractivity contribution in [3.05, 3.63) is 5.82 Å². The third kappa shape index (κ3) is 1.05. The Balaban J connectivity index is 2.94. The SMILES string of the molecule is C[C@H](O)c1nnnn1C. The molecule has 0 aromatic carbocycles. The molecule has 1 aromatic heterocycles. The van der Waals surface area contributed by atoms with Crippen LogP contribution >= 0.6 is 0 Å². The highest BCUT2D eigenvalue weighted by atomic mass is 16.3. The van der Waals surface area contributed by atoms with E-state index in [0.29, 0.717) is 5.82 Å². The summed E-state index contributed by atoms with van der Waals surface area (Å²) in [5.41, 5.74) is 0. The van der Waals surface area contributed by atoms with Crippen molar-refractivity contribution in [3.63, 3.8) is 0 Å². The molecule has 0 bridgehead atoms. The van der Waals surface area contributed by atoms with Gasteiger partial charge < -0.3 is 5.11 Å². The molecule has 0 fully saturated rings. The van der Waals surface area contributed by atoms with Crippen molar-refractivity contribution in [2.75, 3.05) is 0 Å². The third-order valence-corrected chi connectivity index (χ3v) is 1.03. The fourth-order valence-corrected chi connectivity index (χ4v) is 0.590. The summed E-state index contributed by atoms with van der Waals surface area (Å²) in [6, 6.07) is 0. The average molecular weight is 128 g/mol. The van der Waals surface area contributed by atoms with Crippen LogP contribution in [0.2, 0.25) is 0 Å². The molecule has 5 heteroatoms. The van der Waals surface area contributed by atoms with E-state index in [1.54, 1.807) is 14.0 Å². The summed E-state index contributed by atoms with van der Waals surface area (Å²) in [5.74, 6) is 0.481. The Morgan fingerprint density at radius 1 is 1.67 bits per heavy atom. The molecule has 1 heterocycles. The summed E-state index contributed by atoms with van der Waals surface area (Å²) in [5, 5.41) is 19.4. The fourth-order valence-electron chi connectivity index (χ4n) is 0.590. The lowest BCUT2D eigenvalue weighted by atomic mass is 10.4. The van der Waals surface area contributed by atoms with E-state index in [1.807, 2.05) is 0 Å². The van der Waals surface area contributed by atoms with E-state index < -0.39 is 6.10 Å². The molecule has 1 aromatic rings. The molecule has 0 saturated heterocycles. The zero-order valence-corrected chi connectivity index (χ0v) is 5.31. The number of rotatable bonds is 1. The average Bonchev–Trinajstić information content (AvgIpc) is 2.13. The van der Waals surface area contributed by atoms with Crippen molar-refractivity contribution >= 4 is 0 Å². The summed E-state index contributed by atoms with van der Waals surface area (Å²) in [6.45, 7) is 1.62. The molecule has 0 radical (unpaired) electrons. The zero-order valence-electron chi connectivity index (χ0n) is 5.31. The van der Waals surface area contributed by atoms with Crippen molar-refractivity contribution < 1.29 is 5.11 Å². The minimum atomic E-state index is -0.593.